The Kier molecular flexibility index (Phi) is 6.03. The van der Waals surface area contributed by atoms with Crippen LogP contribution in [0, 0.1) is 5.92 Å². The zero-order valence-electron chi connectivity index (χ0n) is 13.2. The normalized spacial score (nSPS) is 21.8. The second-order valence-electron chi connectivity index (χ2n) is 5.96. The predicted octanol–water partition coefficient (Wildman–Crippen LogP) is 3.60. The van der Waals surface area contributed by atoms with E-state index in [-0.39, 0.29) is 5.91 Å². The Hall–Kier alpha value is -1.58. The summed E-state index contributed by atoms with van der Waals surface area (Å²) in [4.78, 5) is 16.6. The Morgan fingerprint density at radius 1 is 1.38 bits per heavy atom. The van der Waals surface area contributed by atoms with Crippen molar-refractivity contribution in [3.63, 3.8) is 0 Å². The summed E-state index contributed by atoms with van der Waals surface area (Å²) in [5.41, 5.74) is 1.54. The summed E-state index contributed by atoms with van der Waals surface area (Å²) >= 11 is 0. The van der Waals surface area contributed by atoms with Crippen LogP contribution >= 0.6 is 0 Å². The Morgan fingerprint density at radius 3 is 3.00 bits per heavy atom. The van der Waals surface area contributed by atoms with Gasteiger partial charge in [-0.2, -0.15) is 0 Å². The number of amides is 1. The SMILES string of the molecule is CCCNc1cnccc1C(=O)NC1CCCC(CC)C1. The van der Waals surface area contributed by atoms with Crippen LogP contribution in [0.2, 0.25) is 0 Å². The zero-order valence-corrected chi connectivity index (χ0v) is 13.2. The highest BCUT2D eigenvalue weighted by atomic mass is 16.1. The first-order chi connectivity index (χ1) is 10.2. The van der Waals surface area contributed by atoms with Crippen molar-refractivity contribution in [2.45, 2.75) is 58.4 Å². The number of rotatable bonds is 6. The molecule has 2 N–H and O–H groups in total. The van der Waals surface area contributed by atoms with E-state index in [9.17, 15) is 4.79 Å². The summed E-state index contributed by atoms with van der Waals surface area (Å²) in [5.74, 6) is 0.789. The van der Waals surface area contributed by atoms with Crippen LogP contribution in [0.15, 0.2) is 18.5 Å². The molecule has 1 aromatic rings. The van der Waals surface area contributed by atoms with E-state index < -0.39 is 0 Å². The molecule has 1 aliphatic rings. The third-order valence-electron chi connectivity index (χ3n) is 4.33. The van der Waals surface area contributed by atoms with Gasteiger partial charge in [-0.1, -0.05) is 33.1 Å². The summed E-state index contributed by atoms with van der Waals surface area (Å²) < 4.78 is 0. The van der Waals surface area contributed by atoms with Crippen LogP contribution in [0.5, 0.6) is 0 Å². The molecular weight excluding hydrogens is 262 g/mol. The van der Waals surface area contributed by atoms with Crippen LogP contribution in [0.25, 0.3) is 0 Å². The lowest BCUT2D eigenvalue weighted by molar-refractivity contribution is 0.0920. The van der Waals surface area contributed by atoms with Gasteiger partial charge in [-0.3, -0.25) is 9.78 Å². The van der Waals surface area contributed by atoms with Gasteiger partial charge in [0.2, 0.25) is 0 Å². The maximum atomic E-state index is 12.5. The van der Waals surface area contributed by atoms with Crippen LogP contribution in [-0.4, -0.2) is 23.5 Å². The van der Waals surface area contributed by atoms with E-state index in [0.717, 1.165) is 37.4 Å². The van der Waals surface area contributed by atoms with Gasteiger partial charge in [-0.05, 0) is 31.2 Å². The number of pyridine rings is 1. The number of nitrogens with zero attached hydrogens (tertiary/aromatic N) is 1. The minimum absolute atomic E-state index is 0.0257. The predicted molar refractivity (Wildman–Crippen MR) is 86.5 cm³/mol. The van der Waals surface area contributed by atoms with Crippen LogP contribution in [0.1, 0.15) is 62.7 Å². The molecule has 1 saturated carbocycles. The van der Waals surface area contributed by atoms with Gasteiger partial charge in [0.05, 0.1) is 17.4 Å². The highest BCUT2D eigenvalue weighted by molar-refractivity contribution is 5.99. The molecular formula is C17H27N3O. The number of hydrogen-bond donors (Lipinski definition) is 2. The van der Waals surface area contributed by atoms with E-state index in [0.29, 0.717) is 11.6 Å². The highest BCUT2D eigenvalue weighted by Gasteiger charge is 2.23. The Labute approximate surface area is 127 Å². The molecule has 1 amide bonds. The van der Waals surface area contributed by atoms with Gasteiger partial charge in [0.25, 0.3) is 5.91 Å². The van der Waals surface area contributed by atoms with Crippen LogP contribution in [0.4, 0.5) is 5.69 Å². The van der Waals surface area contributed by atoms with E-state index in [1.807, 2.05) is 0 Å². The molecule has 1 fully saturated rings. The fraction of sp³-hybridized carbons (Fsp3) is 0.647. The molecule has 0 radical (unpaired) electrons. The average Bonchev–Trinajstić information content (AvgIpc) is 2.53. The van der Waals surface area contributed by atoms with Crippen molar-refractivity contribution in [2.75, 3.05) is 11.9 Å². The molecule has 0 bridgehead atoms. The molecule has 2 unspecified atom stereocenters. The fourth-order valence-electron chi connectivity index (χ4n) is 3.05. The monoisotopic (exact) mass is 289 g/mol. The van der Waals surface area contributed by atoms with Gasteiger partial charge in [-0.25, -0.2) is 0 Å². The van der Waals surface area contributed by atoms with E-state index in [1.54, 1.807) is 18.5 Å². The van der Waals surface area contributed by atoms with Gasteiger partial charge in [-0.15, -0.1) is 0 Å². The van der Waals surface area contributed by atoms with Gasteiger partial charge >= 0.3 is 0 Å². The number of aromatic nitrogens is 1. The maximum absolute atomic E-state index is 12.5. The van der Waals surface area contributed by atoms with Gasteiger partial charge < -0.3 is 10.6 Å². The molecule has 2 atom stereocenters. The first kappa shape index (κ1) is 15.8. The third kappa shape index (κ3) is 4.45. The fourth-order valence-corrected chi connectivity index (χ4v) is 3.05. The molecule has 1 aromatic heterocycles. The topological polar surface area (TPSA) is 54.0 Å². The molecule has 21 heavy (non-hydrogen) atoms. The first-order valence-corrected chi connectivity index (χ1v) is 8.23. The van der Waals surface area contributed by atoms with Gasteiger partial charge in [0.1, 0.15) is 0 Å². The molecule has 116 valence electrons. The molecule has 0 aromatic carbocycles. The van der Waals surface area contributed by atoms with Crippen molar-refractivity contribution in [3.8, 4) is 0 Å². The molecule has 1 aliphatic carbocycles. The second-order valence-corrected chi connectivity index (χ2v) is 5.96. The lowest BCUT2D eigenvalue weighted by Crippen LogP contribution is -2.38. The van der Waals surface area contributed by atoms with E-state index in [4.69, 9.17) is 0 Å². The molecule has 4 nitrogen and oxygen atoms in total. The third-order valence-corrected chi connectivity index (χ3v) is 4.33. The maximum Gasteiger partial charge on any atom is 0.253 e. The van der Waals surface area contributed by atoms with Crippen LogP contribution in [-0.2, 0) is 0 Å². The number of nitrogens with one attached hydrogen (secondary N) is 2. The summed E-state index contributed by atoms with van der Waals surface area (Å²) in [6, 6.07) is 2.12. The lowest BCUT2D eigenvalue weighted by Gasteiger charge is -2.29. The average molecular weight is 289 g/mol. The van der Waals surface area contributed by atoms with E-state index in [2.05, 4.69) is 29.5 Å². The number of carbonyl (C=O) groups is 1. The second kappa shape index (κ2) is 8.01. The molecule has 2 rings (SSSR count). The van der Waals surface area contributed by atoms with E-state index >= 15 is 0 Å². The molecule has 0 spiro atoms. The Bertz CT molecular complexity index is 461. The molecule has 0 aliphatic heterocycles. The smallest absolute Gasteiger partial charge is 0.253 e. The number of hydrogen-bond acceptors (Lipinski definition) is 3. The van der Waals surface area contributed by atoms with Crippen molar-refractivity contribution in [1.29, 1.82) is 0 Å². The largest absolute Gasteiger partial charge is 0.383 e. The highest BCUT2D eigenvalue weighted by Crippen LogP contribution is 2.27. The Morgan fingerprint density at radius 2 is 2.24 bits per heavy atom. The summed E-state index contributed by atoms with van der Waals surface area (Å²) in [6.07, 6.45) is 10.4. The summed E-state index contributed by atoms with van der Waals surface area (Å²) in [5, 5.41) is 6.49. The Balaban J connectivity index is 1.99. The standard InChI is InChI=1S/C17H27N3O/c1-3-9-19-16-12-18-10-8-15(16)17(21)20-14-7-5-6-13(4-2)11-14/h8,10,12-14,19H,3-7,9,11H2,1-2H3,(H,20,21). The number of anilines is 1. The van der Waals surface area contributed by atoms with Crippen molar-refractivity contribution in [2.24, 2.45) is 5.92 Å². The van der Waals surface area contributed by atoms with Crippen molar-refractivity contribution >= 4 is 11.6 Å². The van der Waals surface area contributed by atoms with Crippen molar-refractivity contribution in [1.82, 2.24) is 10.3 Å². The lowest BCUT2D eigenvalue weighted by atomic mass is 9.84. The minimum atomic E-state index is 0.0257. The van der Waals surface area contributed by atoms with Gasteiger partial charge in [0.15, 0.2) is 0 Å². The van der Waals surface area contributed by atoms with E-state index in [1.165, 1.54) is 19.3 Å². The first-order valence-electron chi connectivity index (χ1n) is 8.23. The van der Waals surface area contributed by atoms with Crippen LogP contribution < -0.4 is 10.6 Å². The molecule has 1 heterocycles. The quantitative estimate of drug-likeness (QED) is 0.841. The summed E-state index contributed by atoms with van der Waals surface area (Å²) in [6.45, 7) is 5.20. The zero-order chi connectivity index (χ0) is 15.1. The van der Waals surface area contributed by atoms with Crippen LogP contribution in [0.3, 0.4) is 0 Å². The van der Waals surface area contributed by atoms with Crippen molar-refractivity contribution < 1.29 is 4.79 Å². The molecule has 4 heteroatoms. The van der Waals surface area contributed by atoms with Crippen molar-refractivity contribution in [3.05, 3.63) is 24.0 Å². The van der Waals surface area contributed by atoms with Gasteiger partial charge in [0, 0.05) is 18.8 Å². The summed E-state index contributed by atoms with van der Waals surface area (Å²) in [7, 11) is 0. The number of carbonyl (C=O) groups excluding carboxylic acids is 1. The minimum Gasteiger partial charge on any atom is -0.383 e. The molecule has 0 saturated heterocycles.